The first-order valence-electron chi connectivity index (χ1n) is 6.22. The largest absolute Gasteiger partial charge is 0.371 e. The number of halogens is 1. The zero-order valence-electron chi connectivity index (χ0n) is 10.7. The Bertz CT molecular complexity index is 397. The van der Waals surface area contributed by atoms with Crippen molar-refractivity contribution in [3.8, 4) is 0 Å². The van der Waals surface area contributed by atoms with Gasteiger partial charge in [-0.05, 0) is 41.7 Å². The number of morpholine rings is 1. The number of rotatable bonds is 2. The predicted octanol–water partition coefficient (Wildman–Crippen LogP) is 2.92. The Hall–Kier alpha value is -0.930. The maximum atomic E-state index is 13.8. The van der Waals surface area contributed by atoms with Gasteiger partial charge in [-0.1, -0.05) is 13.8 Å². The van der Waals surface area contributed by atoms with Gasteiger partial charge in [-0.25, -0.2) is 4.39 Å². The monoisotopic (exact) mass is 237 g/mol. The van der Waals surface area contributed by atoms with Gasteiger partial charge in [-0.2, -0.15) is 0 Å². The van der Waals surface area contributed by atoms with Gasteiger partial charge in [0.15, 0.2) is 0 Å². The zero-order valence-corrected chi connectivity index (χ0v) is 10.7. The molecule has 1 aromatic carbocycles. The lowest BCUT2D eigenvalue weighted by molar-refractivity contribution is 0.0272. The van der Waals surface area contributed by atoms with Crippen LogP contribution in [0.3, 0.4) is 0 Å². The van der Waals surface area contributed by atoms with Crippen LogP contribution < -0.4 is 5.32 Å². The van der Waals surface area contributed by atoms with Crippen molar-refractivity contribution in [3.05, 3.63) is 34.6 Å². The molecule has 0 bridgehead atoms. The van der Waals surface area contributed by atoms with Crippen molar-refractivity contribution >= 4 is 0 Å². The number of nitrogens with one attached hydrogen (secondary N) is 1. The van der Waals surface area contributed by atoms with E-state index >= 15 is 0 Å². The molecule has 1 aliphatic rings. The van der Waals surface area contributed by atoms with Gasteiger partial charge in [0.25, 0.3) is 0 Å². The molecular weight excluding hydrogens is 217 g/mol. The second-order valence-corrected chi connectivity index (χ2v) is 4.95. The SMILES string of the molecule is Cc1cc(F)c(C(C)C)cc1C1CNCCO1. The van der Waals surface area contributed by atoms with E-state index in [1.165, 1.54) is 0 Å². The van der Waals surface area contributed by atoms with Gasteiger partial charge in [0.1, 0.15) is 5.82 Å². The normalized spacial score (nSPS) is 20.9. The topological polar surface area (TPSA) is 21.3 Å². The van der Waals surface area contributed by atoms with E-state index in [0.29, 0.717) is 0 Å². The average Bonchev–Trinajstić information content (AvgIpc) is 2.29. The molecule has 94 valence electrons. The Morgan fingerprint density at radius 3 is 2.76 bits per heavy atom. The third kappa shape index (κ3) is 2.67. The summed E-state index contributed by atoms with van der Waals surface area (Å²) in [6.45, 7) is 8.39. The molecule has 1 aliphatic heterocycles. The Labute approximate surface area is 102 Å². The van der Waals surface area contributed by atoms with E-state index in [1.54, 1.807) is 6.07 Å². The minimum absolute atomic E-state index is 0.0573. The Morgan fingerprint density at radius 2 is 2.18 bits per heavy atom. The molecule has 0 spiro atoms. The summed E-state index contributed by atoms with van der Waals surface area (Å²) in [5, 5.41) is 3.31. The van der Waals surface area contributed by atoms with Crippen molar-refractivity contribution < 1.29 is 9.13 Å². The van der Waals surface area contributed by atoms with E-state index in [9.17, 15) is 4.39 Å². The first kappa shape index (κ1) is 12.5. The van der Waals surface area contributed by atoms with Crippen molar-refractivity contribution in [2.24, 2.45) is 0 Å². The second-order valence-electron chi connectivity index (χ2n) is 4.95. The summed E-state index contributed by atoms with van der Waals surface area (Å²) >= 11 is 0. The van der Waals surface area contributed by atoms with E-state index in [4.69, 9.17) is 4.74 Å². The van der Waals surface area contributed by atoms with Crippen LogP contribution in [0.4, 0.5) is 4.39 Å². The first-order chi connectivity index (χ1) is 8.09. The summed E-state index contributed by atoms with van der Waals surface area (Å²) in [4.78, 5) is 0. The molecule has 1 aromatic rings. The van der Waals surface area contributed by atoms with E-state index in [2.05, 4.69) is 5.32 Å². The van der Waals surface area contributed by atoms with E-state index in [1.807, 2.05) is 26.8 Å². The molecule has 1 fully saturated rings. The molecule has 0 aromatic heterocycles. The second kappa shape index (κ2) is 5.15. The molecule has 0 radical (unpaired) electrons. The Balaban J connectivity index is 2.35. The summed E-state index contributed by atoms with van der Waals surface area (Å²) in [7, 11) is 0. The van der Waals surface area contributed by atoms with Crippen LogP contribution in [0.5, 0.6) is 0 Å². The molecule has 1 N–H and O–H groups in total. The van der Waals surface area contributed by atoms with Crippen LogP contribution in [0.15, 0.2) is 12.1 Å². The molecule has 1 unspecified atom stereocenters. The molecule has 1 heterocycles. The van der Waals surface area contributed by atoms with Crippen LogP contribution in [0.2, 0.25) is 0 Å². The molecule has 0 amide bonds. The van der Waals surface area contributed by atoms with Gasteiger partial charge in [0.05, 0.1) is 12.7 Å². The summed E-state index contributed by atoms with van der Waals surface area (Å²) < 4.78 is 19.5. The third-order valence-corrected chi connectivity index (χ3v) is 3.28. The average molecular weight is 237 g/mol. The molecule has 17 heavy (non-hydrogen) atoms. The maximum absolute atomic E-state index is 13.8. The Kier molecular flexibility index (Phi) is 3.79. The van der Waals surface area contributed by atoms with E-state index < -0.39 is 0 Å². The number of aryl methyl sites for hydroxylation is 1. The molecule has 2 nitrogen and oxygen atoms in total. The minimum atomic E-state index is -0.106. The lowest BCUT2D eigenvalue weighted by Crippen LogP contribution is -2.33. The standard InChI is InChI=1S/C14H20FNO/c1-9(2)11-7-12(10(3)6-13(11)15)14-8-16-4-5-17-14/h6-7,9,14,16H,4-5,8H2,1-3H3. The highest BCUT2D eigenvalue weighted by Gasteiger charge is 2.20. The minimum Gasteiger partial charge on any atom is -0.371 e. The van der Waals surface area contributed by atoms with E-state index in [-0.39, 0.29) is 17.8 Å². The van der Waals surface area contributed by atoms with Crippen LogP contribution in [0, 0.1) is 12.7 Å². The van der Waals surface area contributed by atoms with Gasteiger partial charge in [0.2, 0.25) is 0 Å². The quantitative estimate of drug-likeness (QED) is 0.854. The van der Waals surface area contributed by atoms with Gasteiger partial charge < -0.3 is 10.1 Å². The number of hydrogen-bond acceptors (Lipinski definition) is 2. The molecule has 2 rings (SSSR count). The van der Waals surface area contributed by atoms with Crippen molar-refractivity contribution in [1.82, 2.24) is 5.32 Å². The Morgan fingerprint density at radius 1 is 1.41 bits per heavy atom. The molecule has 0 saturated carbocycles. The van der Waals surface area contributed by atoms with Crippen LogP contribution in [-0.4, -0.2) is 19.7 Å². The summed E-state index contributed by atoms with van der Waals surface area (Å²) in [6.07, 6.45) is 0.0573. The van der Waals surface area contributed by atoms with Crippen LogP contribution in [0.25, 0.3) is 0 Å². The van der Waals surface area contributed by atoms with Crippen LogP contribution in [0.1, 0.15) is 42.6 Å². The molecular formula is C14H20FNO. The summed E-state index contributed by atoms with van der Waals surface area (Å²) in [6, 6.07) is 3.59. The van der Waals surface area contributed by atoms with Gasteiger partial charge >= 0.3 is 0 Å². The summed E-state index contributed by atoms with van der Waals surface area (Å²) in [5.41, 5.74) is 2.86. The van der Waals surface area contributed by atoms with Gasteiger partial charge in [-0.15, -0.1) is 0 Å². The number of ether oxygens (including phenoxy) is 1. The zero-order chi connectivity index (χ0) is 12.4. The number of benzene rings is 1. The maximum Gasteiger partial charge on any atom is 0.126 e. The fourth-order valence-electron chi connectivity index (χ4n) is 2.26. The van der Waals surface area contributed by atoms with Crippen molar-refractivity contribution in [3.63, 3.8) is 0 Å². The predicted molar refractivity (Wildman–Crippen MR) is 66.8 cm³/mol. The van der Waals surface area contributed by atoms with Crippen molar-refractivity contribution in [2.75, 3.05) is 19.7 Å². The summed E-state index contributed by atoms with van der Waals surface area (Å²) in [5.74, 6) is 0.0934. The highest BCUT2D eigenvalue weighted by atomic mass is 19.1. The smallest absolute Gasteiger partial charge is 0.126 e. The highest BCUT2D eigenvalue weighted by molar-refractivity contribution is 5.35. The fourth-order valence-corrected chi connectivity index (χ4v) is 2.26. The van der Waals surface area contributed by atoms with Gasteiger partial charge in [-0.3, -0.25) is 0 Å². The van der Waals surface area contributed by atoms with Gasteiger partial charge in [0, 0.05) is 13.1 Å². The molecule has 1 saturated heterocycles. The number of hydrogen-bond donors (Lipinski definition) is 1. The fraction of sp³-hybridized carbons (Fsp3) is 0.571. The van der Waals surface area contributed by atoms with Crippen molar-refractivity contribution in [1.29, 1.82) is 0 Å². The van der Waals surface area contributed by atoms with Crippen LogP contribution in [-0.2, 0) is 4.74 Å². The van der Waals surface area contributed by atoms with E-state index in [0.717, 1.165) is 36.4 Å². The van der Waals surface area contributed by atoms with Crippen LogP contribution >= 0.6 is 0 Å². The molecule has 0 aliphatic carbocycles. The third-order valence-electron chi connectivity index (χ3n) is 3.28. The lowest BCUT2D eigenvalue weighted by atomic mass is 9.94. The highest BCUT2D eigenvalue weighted by Crippen LogP contribution is 2.28. The van der Waals surface area contributed by atoms with Crippen molar-refractivity contribution in [2.45, 2.75) is 32.8 Å². The lowest BCUT2D eigenvalue weighted by Gasteiger charge is -2.26. The molecule has 1 atom stereocenters. The molecule has 3 heteroatoms. The first-order valence-corrected chi connectivity index (χ1v) is 6.22.